The van der Waals surface area contributed by atoms with Crippen LogP contribution in [0.15, 0.2) is 53.2 Å². The van der Waals surface area contributed by atoms with E-state index >= 15 is 0 Å². The van der Waals surface area contributed by atoms with Gasteiger partial charge in [0, 0.05) is 5.71 Å². The number of allylic oxidation sites excluding steroid dienone is 4. The van der Waals surface area contributed by atoms with Crippen molar-refractivity contribution in [3.8, 4) is 0 Å². The van der Waals surface area contributed by atoms with Gasteiger partial charge in [0.25, 0.3) is 0 Å². The van der Waals surface area contributed by atoms with Crippen molar-refractivity contribution in [2.24, 2.45) is 4.99 Å². The minimum atomic E-state index is 0.926. The summed E-state index contributed by atoms with van der Waals surface area (Å²) in [7, 11) is 0. The van der Waals surface area contributed by atoms with Crippen molar-refractivity contribution in [1.82, 2.24) is 0 Å². The Bertz CT molecular complexity index is 310. The molecule has 0 heterocycles. The Hall–Kier alpha value is -1.37. The molecule has 0 aromatic heterocycles. The molecule has 0 saturated heterocycles. The van der Waals surface area contributed by atoms with Crippen LogP contribution < -0.4 is 0 Å². The predicted molar refractivity (Wildman–Crippen MR) is 65.6 cm³/mol. The van der Waals surface area contributed by atoms with Gasteiger partial charge in [-0.1, -0.05) is 25.3 Å². The van der Waals surface area contributed by atoms with Crippen LogP contribution in [0.5, 0.6) is 0 Å². The highest BCUT2D eigenvalue weighted by atomic mass is 14.7. The maximum atomic E-state index is 4.44. The van der Waals surface area contributed by atoms with Gasteiger partial charge in [-0.2, -0.15) is 0 Å². The molecule has 0 rings (SSSR count). The summed E-state index contributed by atoms with van der Waals surface area (Å²) < 4.78 is 0. The van der Waals surface area contributed by atoms with E-state index < -0.39 is 0 Å². The molecule has 1 heteroatoms. The van der Waals surface area contributed by atoms with E-state index in [1.54, 1.807) is 6.08 Å². The first-order chi connectivity index (χ1) is 6.52. The summed E-state index contributed by atoms with van der Waals surface area (Å²) in [4.78, 5) is 4.44. The standard InChI is InChI=1S/C13H19N/c1-7-9-13(14-11(5)6)12(8-2)10(3)4/h7-9H,1,3H2,2,4-6H3/b12-8+,13-9-. The molecule has 0 atom stereocenters. The highest BCUT2D eigenvalue weighted by Gasteiger charge is 2.02. The van der Waals surface area contributed by atoms with E-state index in [2.05, 4.69) is 18.2 Å². The highest BCUT2D eigenvalue weighted by Crippen LogP contribution is 2.19. The Kier molecular flexibility index (Phi) is 5.54. The lowest BCUT2D eigenvalue weighted by molar-refractivity contribution is 1.26. The monoisotopic (exact) mass is 189 g/mol. The van der Waals surface area contributed by atoms with Gasteiger partial charge >= 0.3 is 0 Å². The third-order valence-electron chi connectivity index (χ3n) is 1.64. The molecule has 0 fully saturated rings. The van der Waals surface area contributed by atoms with Crippen molar-refractivity contribution < 1.29 is 0 Å². The predicted octanol–water partition coefficient (Wildman–Crippen LogP) is 4.06. The van der Waals surface area contributed by atoms with Crippen LogP contribution in [0, 0.1) is 0 Å². The van der Waals surface area contributed by atoms with Crippen LogP contribution in [-0.4, -0.2) is 5.71 Å². The van der Waals surface area contributed by atoms with Gasteiger partial charge in [-0.05, 0) is 44.9 Å². The van der Waals surface area contributed by atoms with Crippen molar-refractivity contribution in [3.63, 3.8) is 0 Å². The third kappa shape index (κ3) is 4.04. The van der Waals surface area contributed by atoms with Gasteiger partial charge in [0.2, 0.25) is 0 Å². The van der Waals surface area contributed by atoms with E-state index in [4.69, 9.17) is 0 Å². The van der Waals surface area contributed by atoms with Crippen LogP contribution in [-0.2, 0) is 0 Å². The lowest BCUT2D eigenvalue weighted by Gasteiger charge is -2.07. The Morgan fingerprint density at radius 1 is 1.21 bits per heavy atom. The molecule has 0 aromatic carbocycles. The van der Waals surface area contributed by atoms with E-state index in [9.17, 15) is 0 Å². The summed E-state index contributed by atoms with van der Waals surface area (Å²) in [6.45, 7) is 15.5. The van der Waals surface area contributed by atoms with E-state index in [0.29, 0.717) is 0 Å². The maximum absolute atomic E-state index is 4.44. The molecule has 0 N–H and O–H groups in total. The average molecular weight is 189 g/mol. The number of nitrogens with zero attached hydrogens (tertiary/aromatic N) is 1. The van der Waals surface area contributed by atoms with Gasteiger partial charge < -0.3 is 0 Å². The highest BCUT2D eigenvalue weighted by molar-refractivity contribution is 5.81. The minimum Gasteiger partial charge on any atom is -0.258 e. The molecule has 76 valence electrons. The fraction of sp³-hybridized carbons (Fsp3) is 0.308. The smallest absolute Gasteiger partial charge is 0.0700 e. The SMILES string of the molecule is C=C/C=C(N=C(C)C)/C(=C/C)C(=C)C. The van der Waals surface area contributed by atoms with E-state index in [1.165, 1.54) is 0 Å². The number of rotatable bonds is 4. The lowest BCUT2D eigenvalue weighted by atomic mass is 10.1. The topological polar surface area (TPSA) is 12.4 Å². The Labute approximate surface area is 87.3 Å². The van der Waals surface area contributed by atoms with E-state index in [-0.39, 0.29) is 0 Å². The molecule has 0 saturated carbocycles. The molecule has 0 aliphatic carbocycles. The summed E-state index contributed by atoms with van der Waals surface area (Å²) in [6, 6.07) is 0. The average Bonchev–Trinajstić information content (AvgIpc) is 2.03. The van der Waals surface area contributed by atoms with E-state index in [1.807, 2.05) is 39.8 Å². The molecule has 0 spiro atoms. The summed E-state index contributed by atoms with van der Waals surface area (Å²) in [6.07, 6.45) is 5.66. The summed E-state index contributed by atoms with van der Waals surface area (Å²) in [5.41, 5.74) is 4.05. The number of aliphatic imine (C=N–C) groups is 1. The van der Waals surface area contributed by atoms with Gasteiger partial charge in [0.1, 0.15) is 0 Å². The zero-order chi connectivity index (χ0) is 11.1. The van der Waals surface area contributed by atoms with Crippen LogP contribution in [0.3, 0.4) is 0 Å². The first-order valence-electron chi connectivity index (χ1n) is 4.70. The molecular weight excluding hydrogens is 170 g/mol. The zero-order valence-corrected chi connectivity index (χ0v) is 9.59. The van der Waals surface area contributed by atoms with Gasteiger partial charge in [0.05, 0.1) is 5.70 Å². The number of hydrogen-bond donors (Lipinski definition) is 0. The van der Waals surface area contributed by atoms with Crippen LogP contribution in [0.1, 0.15) is 27.7 Å². The fourth-order valence-electron chi connectivity index (χ4n) is 1.15. The molecule has 0 radical (unpaired) electrons. The lowest BCUT2D eigenvalue weighted by Crippen LogP contribution is -1.91. The summed E-state index contributed by atoms with van der Waals surface area (Å²) in [5, 5.41) is 0. The second-order valence-corrected chi connectivity index (χ2v) is 3.33. The van der Waals surface area contributed by atoms with Gasteiger partial charge in [-0.3, -0.25) is 4.99 Å². The maximum Gasteiger partial charge on any atom is 0.0700 e. The van der Waals surface area contributed by atoms with Crippen molar-refractivity contribution in [3.05, 3.63) is 48.2 Å². The molecule has 0 aliphatic heterocycles. The first-order valence-corrected chi connectivity index (χ1v) is 4.70. The normalized spacial score (nSPS) is 12.3. The van der Waals surface area contributed by atoms with Crippen LogP contribution in [0.2, 0.25) is 0 Å². The van der Waals surface area contributed by atoms with E-state index in [0.717, 1.165) is 22.6 Å². The number of hydrogen-bond acceptors (Lipinski definition) is 1. The zero-order valence-electron chi connectivity index (χ0n) is 9.59. The molecule has 0 bridgehead atoms. The Morgan fingerprint density at radius 2 is 1.79 bits per heavy atom. The molecule has 0 aromatic rings. The largest absolute Gasteiger partial charge is 0.258 e. The van der Waals surface area contributed by atoms with Gasteiger partial charge in [-0.15, -0.1) is 0 Å². The van der Waals surface area contributed by atoms with Gasteiger partial charge in [-0.25, -0.2) is 0 Å². The molecule has 14 heavy (non-hydrogen) atoms. The second-order valence-electron chi connectivity index (χ2n) is 3.33. The molecule has 0 unspecified atom stereocenters. The third-order valence-corrected chi connectivity index (χ3v) is 1.64. The Balaban J connectivity index is 5.22. The summed E-state index contributed by atoms with van der Waals surface area (Å²) >= 11 is 0. The second kappa shape index (κ2) is 6.14. The minimum absolute atomic E-state index is 0.926. The van der Waals surface area contributed by atoms with Crippen molar-refractivity contribution in [2.45, 2.75) is 27.7 Å². The quantitative estimate of drug-likeness (QED) is 0.467. The molecule has 1 nitrogen and oxygen atoms in total. The van der Waals surface area contributed by atoms with Crippen molar-refractivity contribution in [1.29, 1.82) is 0 Å². The molecular formula is C13H19N. The van der Waals surface area contributed by atoms with Crippen molar-refractivity contribution in [2.75, 3.05) is 0 Å². The van der Waals surface area contributed by atoms with Crippen molar-refractivity contribution >= 4 is 5.71 Å². The molecule has 0 aliphatic rings. The molecule has 0 amide bonds. The summed E-state index contributed by atoms with van der Waals surface area (Å²) in [5.74, 6) is 0. The van der Waals surface area contributed by atoms with Crippen LogP contribution in [0.4, 0.5) is 0 Å². The Morgan fingerprint density at radius 3 is 2.07 bits per heavy atom. The van der Waals surface area contributed by atoms with Gasteiger partial charge in [0.15, 0.2) is 0 Å². The fourth-order valence-corrected chi connectivity index (χ4v) is 1.15. The first kappa shape index (κ1) is 12.6. The van der Waals surface area contributed by atoms with Crippen LogP contribution in [0.25, 0.3) is 0 Å². The van der Waals surface area contributed by atoms with Crippen LogP contribution >= 0.6 is 0 Å².